The monoisotopic (exact) mass is 282 g/mol. The number of nitrogens with two attached hydrogens (primary N) is 1. The van der Waals surface area contributed by atoms with Gasteiger partial charge in [0, 0.05) is 12.1 Å². The molecule has 0 aromatic carbocycles. The van der Waals surface area contributed by atoms with Crippen molar-refractivity contribution >= 4 is 28.3 Å². The molecule has 1 aromatic heterocycles. The lowest BCUT2D eigenvalue weighted by Gasteiger charge is -2.23. The quantitative estimate of drug-likeness (QED) is 0.793. The van der Waals surface area contributed by atoms with Gasteiger partial charge in [0.05, 0.1) is 0 Å². The number of nitrogens with one attached hydrogen (secondary N) is 2. The van der Waals surface area contributed by atoms with E-state index >= 15 is 0 Å². The van der Waals surface area contributed by atoms with Crippen molar-refractivity contribution in [1.29, 1.82) is 0 Å². The second-order valence-electron chi connectivity index (χ2n) is 5.38. The molecule has 19 heavy (non-hydrogen) atoms. The molecule has 2 rings (SSSR count). The van der Waals surface area contributed by atoms with Gasteiger partial charge in [-0.15, -0.1) is 0 Å². The molecule has 6 heteroatoms. The number of aromatic nitrogens is 1. The molecule has 4 N–H and O–H groups in total. The van der Waals surface area contributed by atoms with Crippen molar-refractivity contribution in [3.8, 4) is 0 Å². The van der Waals surface area contributed by atoms with E-state index in [9.17, 15) is 4.79 Å². The van der Waals surface area contributed by atoms with E-state index in [0.717, 1.165) is 17.8 Å². The summed E-state index contributed by atoms with van der Waals surface area (Å²) >= 11 is 1.28. The van der Waals surface area contributed by atoms with E-state index in [-0.39, 0.29) is 11.9 Å². The van der Waals surface area contributed by atoms with E-state index in [1.807, 2.05) is 13.8 Å². The Hall–Kier alpha value is -1.30. The molecule has 0 aliphatic heterocycles. The highest BCUT2D eigenvalue weighted by Crippen LogP contribution is 2.30. The summed E-state index contributed by atoms with van der Waals surface area (Å²) in [6.07, 6.45) is 6.12. The maximum absolute atomic E-state index is 12.1. The molecular formula is C13H22N4OS. The first-order chi connectivity index (χ1) is 9.08. The Morgan fingerprint density at radius 1 is 1.37 bits per heavy atom. The summed E-state index contributed by atoms with van der Waals surface area (Å²) in [5, 5.41) is 7.12. The number of rotatable bonds is 4. The van der Waals surface area contributed by atoms with Crippen molar-refractivity contribution in [2.45, 2.75) is 58.0 Å². The van der Waals surface area contributed by atoms with Crippen molar-refractivity contribution in [2.75, 3.05) is 11.1 Å². The predicted octanol–water partition coefficient (Wildman–Crippen LogP) is 2.61. The van der Waals surface area contributed by atoms with Crippen molar-refractivity contribution in [3.05, 3.63) is 5.56 Å². The maximum Gasteiger partial charge on any atom is 0.258 e. The number of nitrogens with zero attached hydrogens (tertiary/aromatic N) is 1. The van der Waals surface area contributed by atoms with E-state index in [1.54, 1.807) is 0 Å². The summed E-state index contributed by atoms with van der Waals surface area (Å²) < 4.78 is 4.11. The van der Waals surface area contributed by atoms with Crippen LogP contribution in [0.4, 0.5) is 10.8 Å². The number of hydrogen-bond acceptors (Lipinski definition) is 5. The maximum atomic E-state index is 12.1. The smallest absolute Gasteiger partial charge is 0.258 e. The Balaban J connectivity index is 2.10. The van der Waals surface area contributed by atoms with Crippen LogP contribution in [0.5, 0.6) is 0 Å². The fourth-order valence-electron chi connectivity index (χ4n) is 2.39. The molecule has 106 valence electrons. The van der Waals surface area contributed by atoms with Gasteiger partial charge in [0.25, 0.3) is 5.91 Å². The highest BCUT2D eigenvalue weighted by atomic mass is 32.1. The largest absolute Gasteiger partial charge is 0.382 e. The lowest BCUT2D eigenvalue weighted by Crippen LogP contribution is -2.31. The minimum atomic E-state index is -0.139. The first kappa shape index (κ1) is 14.1. The number of hydrogen-bond donors (Lipinski definition) is 3. The third kappa shape index (κ3) is 3.59. The lowest BCUT2D eigenvalue weighted by molar-refractivity contribution is 0.0945. The van der Waals surface area contributed by atoms with Crippen molar-refractivity contribution < 1.29 is 4.79 Å². The molecule has 0 spiro atoms. The van der Waals surface area contributed by atoms with Gasteiger partial charge in [0.15, 0.2) is 5.82 Å². The second-order valence-corrected chi connectivity index (χ2v) is 6.15. The molecule has 1 saturated carbocycles. The third-order valence-electron chi connectivity index (χ3n) is 3.31. The molecule has 1 aliphatic rings. The van der Waals surface area contributed by atoms with Gasteiger partial charge < -0.3 is 16.4 Å². The zero-order valence-electron chi connectivity index (χ0n) is 11.5. The zero-order valence-corrected chi connectivity index (χ0v) is 12.3. The molecule has 1 aliphatic carbocycles. The summed E-state index contributed by atoms with van der Waals surface area (Å²) in [7, 11) is 0. The van der Waals surface area contributed by atoms with Crippen LogP contribution in [0.15, 0.2) is 0 Å². The number of amides is 1. The zero-order chi connectivity index (χ0) is 13.8. The lowest BCUT2D eigenvalue weighted by atomic mass is 9.95. The third-order valence-corrected chi connectivity index (χ3v) is 4.10. The van der Waals surface area contributed by atoms with Gasteiger partial charge in [-0.1, -0.05) is 19.3 Å². The number of nitrogen functional groups attached to an aromatic ring is 1. The molecule has 0 bridgehead atoms. The average Bonchev–Trinajstić information content (AvgIpc) is 2.71. The minimum absolute atomic E-state index is 0.0920. The summed E-state index contributed by atoms with van der Waals surface area (Å²) in [4.78, 5) is 12.1. The van der Waals surface area contributed by atoms with Crippen LogP contribution in [-0.2, 0) is 0 Å². The molecule has 1 fully saturated rings. The van der Waals surface area contributed by atoms with Gasteiger partial charge in [-0.3, -0.25) is 4.79 Å². The Bertz CT molecular complexity index is 438. The van der Waals surface area contributed by atoms with Gasteiger partial charge in [0.2, 0.25) is 0 Å². The highest BCUT2D eigenvalue weighted by Gasteiger charge is 2.22. The van der Waals surface area contributed by atoms with E-state index in [2.05, 4.69) is 15.0 Å². The van der Waals surface area contributed by atoms with Gasteiger partial charge in [0.1, 0.15) is 10.6 Å². The molecule has 0 radical (unpaired) electrons. The molecular weight excluding hydrogens is 260 g/mol. The molecule has 0 saturated heterocycles. The van der Waals surface area contributed by atoms with Gasteiger partial charge in [-0.25, -0.2) is 0 Å². The summed E-state index contributed by atoms with van der Waals surface area (Å²) in [6, 6.07) is 0.536. The van der Waals surface area contributed by atoms with Crippen molar-refractivity contribution in [1.82, 2.24) is 9.69 Å². The van der Waals surface area contributed by atoms with E-state index in [4.69, 9.17) is 5.73 Å². The van der Waals surface area contributed by atoms with E-state index < -0.39 is 0 Å². The van der Waals surface area contributed by atoms with Crippen LogP contribution < -0.4 is 16.4 Å². The van der Waals surface area contributed by atoms with Gasteiger partial charge >= 0.3 is 0 Å². The predicted molar refractivity (Wildman–Crippen MR) is 79.6 cm³/mol. The fraction of sp³-hybridized carbons (Fsp3) is 0.692. The molecule has 5 nitrogen and oxygen atoms in total. The van der Waals surface area contributed by atoms with Crippen LogP contribution in [0.2, 0.25) is 0 Å². The first-order valence-corrected chi connectivity index (χ1v) is 7.68. The summed E-state index contributed by atoms with van der Waals surface area (Å²) in [6.45, 7) is 3.87. The summed E-state index contributed by atoms with van der Waals surface area (Å²) in [5.74, 6) is 0.181. The molecule has 1 amide bonds. The first-order valence-electron chi connectivity index (χ1n) is 6.90. The molecule has 0 atom stereocenters. The Morgan fingerprint density at radius 2 is 2.05 bits per heavy atom. The van der Waals surface area contributed by atoms with E-state index in [0.29, 0.717) is 17.4 Å². The SMILES string of the molecule is CC(C)NC(=O)c1c(N)nsc1NC1CCCCC1. The topological polar surface area (TPSA) is 80.0 Å². The highest BCUT2D eigenvalue weighted by molar-refractivity contribution is 7.11. The van der Waals surface area contributed by atoms with Crippen LogP contribution in [0.1, 0.15) is 56.3 Å². The normalized spacial score (nSPS) is 16.6. The van der Waals surface area contributed by atoms with Crippen molar-refractivity contribution in [2.24, 2.45) is 0 Å². The fourth-order valence-corrected chi connectivity index (χ4v) is 3.18. The average molecular weight is 282 g/mol. The molecule has 1 heterocycles. The van der Waals surface area contributed by atoms with Gasteiger partial charge in [-0.05, 0) is 38.2 Å². The number of anilines is 2. The van der Waals surface area contributed by atoms with Crippen LogP contribution in [0, 0.1) is 0 Å². The van der Waals surface area contributed by atoms with Crippen LogP contribution >= 0.6 is 11.5 Å². The Morgan fingerprint density at radius 3 is 2.68 bits per heavy atom. The number of carbonyl (C=O) groups is 1. The standard InChI is InChI=1S/C13H22N4OS/c1-8(2)15-12(18)10-11(14)17-19-13(10)16-9-6-4-3-5-7-9/h8-9,16H,3-7H2,1-2H3,(H2,14,17)(H,15,18). The minimum Gasteiger partial charge on any atom is -0.382 e. The Kier molecular flexibility index (Phi) is 4.63. The van der Waals surface area contributed by atoms with Crippen LogP contribution in [0.25, 0.3) is 0 Å². The van der Waals surface area contributed by atoms with Crippen LogP contribution in [0.3, 0.4) is 0 Å². The van der Waals surface area contributed by atoms with Crippen molar-refractivity contribution in [3.63, 3.8) is 0 Å². The van der Waals surface area contributed by atoms with Crippen LogP contribution in [-0.4, -0.2) is 22.4 Å². The van der Waals surface area contributed by atoms with E-state index in [1.165, 1.54) is 30.8 Å². The molecule has 1 aromatic rings. The molecule has 0 unspecified atom stereocenters. The Labute approximate surface area is 118 Å². The second kappa shape index (κ2) is 6.23. The number of carbonyl (C=O) groups excluding carboxylic acids is 1. The summed E-state index contributed by atoms with van der Waals surface area (Å²) in [5.41, 5.74) is 6.33. The van der Waals surface area contributed by atoms with Gasteiger partial charge in [-0.2, -0.15) is 4.37 Å².